The molecule has 1 aliphatic heterocycles. The molecule has 0 saturated carbocycles. The summed E-state index contributed by atoms with van der Waals surface area (Å²) in [6.07, 6.45) is 4.50. The highest BCUT2D eigenvalue weighted by Crippen LogP contribution is 2.35. The lowest BCUT2D eigenvalue weighted by atomic mass is 10.1. The standard InChI is InChI=1S/C17H24N4/c1-13-15(10-11-18)17(20(2)19-13)21-12-6-5-8-14-7-3-4-9-16(14)21/h3-4,7,9H,5-6,8,10-12,18H2,1-2H3. The van der Waals surface area contributed by atoms with Gasteiger partial charge in [0.05, 0.1) is 5.69 Å². The predicted octanol–water partition coefficient (Wildman–Crippen LogP) is 2.70. The summed E-state index contributed by atoms with van der Waals surface area (Å²) in [6, 6.07) is 8.75. The Morgan fingerprint density at radius 2 is 2.05 bits per heavy atom. The van der Waals surface area contributed by atoms with Crippen molar-refractivity contribution in [3.8, 4) is 0 Å². The first kappa shape index (κ1) is 14.1. The SMILES string of the molecule is Cc1nn(C)c(N2CCCCc3ccccc32)c1CCN. The van der Waals surface area contributed by atoms with E-state index in [1.807, 2.05) is 11.7 Å². The number of benzene rings is 1. The van der Waals surface area contributed by atoms with E-state index in [1.165, 1.54) is 35.5 Å². The van der Waals surface area contributed by atoms with Crippen molar-refractivity contribution in [2.75, 3.05) is 18.0 Å². The van der Waals surface area contributed by atoms with Crippen LogP contribution in [0, 0.1) is 6.92 Å². The summed E-state index contributed by atoms with van der Waals surface area (Å²) in [7, 11) is 2.04. The van der Waals surface area contributed by atoms with Gasteiger partial charge < -0.3 is 10.6 Å². The van der Waals surface area contributed by atoms with Crippen molar-refractivity contribution in [3.63, 3.8) is 0 Å². The van der Waals surface area contributed by atoms with Gasteiger partial charge in [0.1, 0.15) is 5.82 Å². The van der Waals surface area contributed by atoms with Gasteiger partial charge in [-0.2, -0.15) is 5.10 Å². The molecule has 0 amide bonds. The normalized spacial score (nSPS) is 14.9. The van der Waals surface area contributed by atoms with Crippen LogP contribution in [0.15, 0.2) is 24.3 Å². The minimum atomic E-state index is 0.662. The molecule has 0 saturated heterocycles. The van der Waals surface area contributed by atoms with Gasteiger partial charge >= 0.3 is 0 Å². The third kappa shape index (κ3) is 2.56. The van der Waals surface area contributed by atoms with E-state index < -0.39 is 0 Å². The molecule has 2 aromatic rings. The van der Waals surface area contributed by atoms with Gasteiger partial charge in [-0.3, -0.25) is 4.68 Å². The summed E-state index contributed by atoms with van der Waals surface area (Å²) in [6.45, 7) is 3.79. The third-order valence-corrected chi connectivity index (χ3v) is 4.32. The van der Waals surface area contributed by atoms with E-state index in [9.17, 15) is 0 Å². The average molecular weight is 284 g/mol. The Morgan fingerprint density at radius 3 is 2.86 bits per heavy atom. The zero-order valence-electron chi connectivity index (χ0n) is 13.0. The van der Waals surface area contributed by atoms with Gasteiger partial charge in [-0.05, 0) is 50.8 Å². The number of para-hydroxylation sites is 1. The van der Waals surface area contributed by atoms with Crippen molar-refractivity contribution in [3.05, 3.63) is 41.1 Å². The fourth-order valence-electron chi connectivity index (χ4n) is 3.38. The molecule has 1 aromatic heterocycles. The number of anilines is 2. The zero-order valence-corrected chi connectivity index (χ0v) is 13.0. The maximum Gasteiger partial charge on any atom is 0.134 e. The van der Waals surface area contributed by atoms with Crippen LogP contribution >= 0.6 is 0 Å². The molecular weight excluding hydrogens is 260 g/mol. The van der Waals surface area contributed by atoms with Crippen LogP contribution < -0.4 is 10.6 Å². The van der Waals surface area contributed by atoms with Crippen molar-refractivity contribution in [2.45, 2.75) is 32.6 Å². The van der Waals surface area contributed by atoms with Gasteiger partial charge in [-0.15, -0.1) is 0 Å². The Bertz CT molecular complexity index is 630. The fraction of sp³-hybridized carbons (Fsp3) is 0.471. The number of rotatable bonds is 3. The number of hydrogen-bond acceptors (Lipinski definition) is 3. The van der Waals surface area contributed by atoms with E-state index in [0.29, 0.717) is 6.54 Å². The first-order chi connectivity index (χ1) is 10.2. The quantitative estimate of drug-likeness (QED) is 0.942. The minimum absolute atomic E-state index is 0.662. The van der Waals surface area contributed by atoms with Crippen molar-refractivity contribution in [2.24, 2.45) is 12.8 Å². The van der Waals surface area contributed by atoms with Crippen LogP contribution in [-0.4, -0.2) is 22.9 Å². The molecule has 112 valence electrons. The van der Waals surface area contributed by atoms with Gasteiger partial charge in [0.15, 0.2) is 0 Å². The lowest BCUT2D eigenvalue weighted by Crippen LogP contribution is -2.22. The molecule has 1 aliphatic rings. The Kier molecular flexibility index (Phi) is 3.97. The summed E-state index contributed by atoms with van der Waals surface area (Å²) < 4.78 is 2.02. The maximum atomic E-state index is 5.81. The molecular formula is C17H24N4. The Labute approximate surface area is 126 Å². The van der Waals surface area contributed by atoms with Crippen LogP contribution in [0.5, 0.6) is 0 Å². The van der Waals surface area contributed by atoms with Crippen molar-refractivity contribution in [1.29, 1.82) is 0 Å². The lowest BCUT2D eigenvalue weighted by Gasteiger charge is -2.26. The molecule has 0 bridgehead atoms. The van der Waals surface area contributed by atoms with Crippen LogP contribution in [-0.2, 0) is 19.9 Å². The number of aryl methyl sites for hydroxylation is 3. The van der Waals surface area contributed by atoms with Gasteiger partial charge in [0, 0.05) is 24.8 Å². The molecule has 2 N–H and O–H groups in total. The summed E-state index contributed by atoms with van der Waals surface area (Å²) >= 11 is 0. The Balaban J connectivity index is 2.12. The number of hydrogen-bond donors (Lipinski definition) is 1. The van der Waals surface area contributed by atoms with Gasteiger partial charge in [0.25, 0.3) is 0 Å². The lowest BCUT2D eigenvalue weighted by molar-refractivity contribution is 0.714. The van der Waals surface area contributed by atoms with Gasteiger partial charge in [-0.25, -0.2) is 0 Å². The van der Waals surface area contributed by atoms with E-state index in [4.69, 9.17) is 5.73 Å². The monoisotopic (exact) mass is 284 g/mol. The van der Waals surface area contributed by atoms with E-state index in [2.05, 4.69) is 41.2 Å². The third-order valence-electron chi connectivity index (χ3n) is 4.32. The minimum Gasteiger partial charge on any atom is -0.330 e. The summed E-state index contributed by atoms with van der Waals surface area (Å²) in [5.41, 5.74) is 11.0. The molecule has 0 fully saturated rings. The molecule has 0 atom stereocenters. The highest BCUT2D eigenvalue weighted by molar-refractivity contribution is 5.67. The first-order valence-electron chi connectivity index (χ1n) is 7.80. The zero-order chi connectivity index (χ0) is 14.8. The molecule has 1 aromatic carbocycles. The second-order valence-corrected chi connectivity index (χ2v) is 5.79. The number of fused-ring (bicyclic) bond motifs is 1. The summed E-state index contributed by atoms with van der Waals surface area (Å²) in [5.74, 6) is 1.22. The molecule has 2 heterocycles. The molecule has 3 rings (SSSR count). The van der Waals surface area contributed by atoms with E-state index in [-0.39, 0.29) is 0 Å². The van der Waals surface area contributed by atoms with Crippen molar-refractivity contribution >= 4 is 11.5 Å². The highest BCUT2D eigenvalue weighted by atomic mass is 15.4. The van der Waals surface area contributed by atoms with Gasteiger partial charge in [0.2, 0.25) is 0 Å². The summed E-state index contributed by atoms with van der Waals surface area (Å²) in [4.78, 5) is 2.44. The maximum absolute atomic E-state index is 5.81. The Hall–Kier alpha value is -1.81. The smallest absolute Gasteiger partial charge is 0.134 e. The molecule has 4 heteroatoms. The highest BCUT2D eigenvalue weighted by Gasteiger charge is 2.23. The number of nitrogens with zero attached hydrogens (tertiary/aromatic N) is 3. The molecule has 4 nitrogen and oxygen atoms in total. The largest absolute Gasteiger partial charge is 0.330 e. The van der Waals surface area contributed by atoms with Crippen LogP contribution in [0.25, 0.3) is 0 Å². The van der Waals surface area contributed by atoms with Crippen LogP contribution in [0.2, 0.25) is 0 Å². The van der Waals surface area contributed by atoms with Crippen molar-refractivity contribution in [1.82, 2.24) is 9.78 Å². The number of aromatic nitrogens is 2. The van der Waals surface area contributed by atoms with Crippen LogP contribution in [0.3, 0.4) is 0 Å². The van der Waals surface area contributed by atoms with E-state index in [0.717, 1.165) is 25.1 Å². The van der Waals surface area contributed by atoms with Crippen LogP contribution in [0.1, 0.15) is 29.7 Å². The molecule has 0 spiro atoms. The molecule has 0 radical (unpaired) electrons. The average Bonchev–Trinajstić information content (AvgIpc) is 2.66. The molecule has 0 aliphatic carbocycles. The fourth-order valence-corrected chi connectivity index (χ4v) is 3.38. The number of nitrogens with two attached hydrogens (primary N) is 1. The topological polar surface area (TPSA) is 47.1 Å². The Morgan fingerprint density at radius 1 is 1.24 bits per heavy atom. The second-order valence-electron chi connectivity index (χ2n) is 5.79. The van der Waals surface area contributed by atoms with E-state index in [1.54, 1.807) is 0 Å². The van der Waals surface area contributed by atoms with Gasteiger partial charge in [-0.1, -0.05) is 18.2 Å². The summed E-state index contributed by atoms with van der Waals surface area (Å²) in [5, 5.41) is 4.63. The van der Waals surface area contributed by atoms with Crippen LogP contribution in [0.4, 0.5) is 11.5 Å². The molecule has 21 heavy (non-hydrogen) atoms. The van der Waals surface area contributed by atoms with E-state index >= 15 is 0 Å². The second kappa shape index (κ2) is 5.90. The van der Waals surface area contributed by atoms with Crippen molar-refractivity contribution < 1.29 is 0 Å². The predicted molar refractivity (Wildman–Crippen MR) is 87.1 cm³/mol. The molecule has 0 unspecified atom stereocenters. The first-order valence-corrected chi connectivity index (χ1v) is 7.80.